The van der Waals surface area contributed by atoms with E-state index in [1.165, 1.54) is 49.6 Å². The summed E-state index contributed by atoms with van der Waals surface area (Å²) in [7, 11) is 0. The number of nitrogens with zero attached hydrogens (tertiary/aromatic N) is 2. The minimum Gasteiger partial charge on any atom is -0.455 e. The highest BCUT2D eigenvalue weighted by atomic mass is 16.3. The molecule has 58 heavy (non-hydrogen) atoms. The van der Waals surface area contributed by atoms with Gasteiger partial charge in [0.05, 0.1) is 22.1 Å². The van der Waals surface area contributed by atoms with Crippen molar-refractivity contribution in [3.63, 3.8) is 0 Å². The standard InChI is InChI=1S/C55H38N2O/c1-37-35-44(31-32-45(37)40-17-6-3-7-18-40)56(42-29-27-39(28-30-42)38-15-4-2-5-16-38)52-34-33-46(55-54(52)49-23-10-13-26-53(49)58-55)41-19-14-20-43(36-41)57-50-24-11-8-21-47(50)48-22-9-12-25-51(48)57/h2-36H,1H3. The Labute approximate surface area is 337 Å². The van der Waals surface area contributed by atoms with Gasteiger partial charge in [0.25, 0.3) is 0 Å². The molecular formula is C55H38N2O. The Kier molecular flexibility index (Phi) is 8.04. The lowest BCUT2D eigenvalue weighted by atomic mass is 9.97. The van der Waals surface area contributed by atoms with Crippen LogP contribution in [0.2, 0.25) is 0 Å². The van der Waals surface area contributed by atoms with Crippen LogP contribution in [0.25, 0.3) is 82.8 Å². The molecule has 0 radical (unpaired) electrons. The molecule has 11 rings (SSSR count). The fourth-order valence-electron chi connectivity index (χ4n) is 8.83. The number of anilines is 3. The van der Waals surface area contributed by atoms with Gasteiger partial charge in [0, 0.05) is 38.8 Å². The van der Waals surface area contributed by atoms with Crippen molar-refractivity contribution >= 4 is 60.8 Å². The highest BCUT2D eigenvalue weighted by Crippen LogP contribution is 2.47. The Hall–Kier alpha value is -7.62. The van der Waals surface area contributed by atoms with Crippen molar-refractivity contribution in [2.45, 2.75) is 6.92 Å². The van der Waals surface area contributed by atoms with Gasteiger partial charge in [-0.1, -0.05) is 146 Å². The van der Waals surface area contributed by atoms with Crippen LogP contribution in [0.4, 0.5) is 17.1 Å². The van der Waals surface area contributed by atoms with Gasteiger partial charge in [-0.2, -0.15) is 0 Å². The second kappa shape index (κ2) is 13.8. The maximum absolute atomic E-state index is 6.92. The lowest BCUT2D eigenvalue weighted by molar-refractivity contribution is 0.670. The predicted molar refractivity (Wildman–Crippen MR) is 244 cm³/mol. The van der Waals surface area contributed by atoms with Crippen LogP contribution in [0.5, 0.6) is 0 Å². The van der Waals surface area contributed by atoms with E-state index in [1.54, 1.807) is 0 Å². The van der Waals surface area contributed by atoms with Crippen molar-refractivity contribution < 1.29 is 4.42 Å². The summed E-state index contributed by atoms with van der Waals surface area (Å²) in [6, 6.07) is 76.1. The monoisotopic (exact) mass is 742 g/mol. The van der Waals surface area contributed by atoms with E-state index in [1.807, 2.05) is 0 Å². The molecule has 0 aliphatic carbocycles. The first-order chi connectivity index (χ1) is 28.7. The zero-order chi connectivity index (χ0) is 38.6. The fraction of sp³-hybridized carbons (Fsp3) is 0.0182. The molecule has 0 aliphatic rings. The first-order valence-electron chi connectivity index (χ1n) is 19.8. The van der Waals surface area contributed by atoms with E-state index in [0.717, 1.165) is 55.8 Å². The Bertz CT molecular complexity index is 3230. The van der Waals surface area contributed by atoms with Gasteiger partial charge in [0.1, 0.15) is 11.2 Å². The van der Waals surface area contributed by atoms with Gasteiger partial charge >= 0.3 is 0 Å². The number of rotatable bonds is 7. The smallest absolute Gasteiger partial charge is 0.145 e. The molecular weight excluding hydrogens is 705 g/mol. The summed E-state index contributed by atoms with van der Waals surface area (Å²) in [5.74, 6) is 0. The van der Waals surface area contributed by atoms with Crippen molar-refractivity contribution in [1.82, 2.24) is 4.57 Å². The van der Waals surface area contributed by atoms with E-state index < -0.39 is 0 Å². The lowest BCUT2D eigenvalue weighted by Crippen LogP contribution is -2.11. The number of hydrogen-bond acceptors (Lipinski definition) is 2. The minimum atomic E-state index is 0.861. The van der Waals surface area contributed by atoms with Crippen molar-refractivity contribution in [3.05, 3.63) is 218 Å². The largest absolute Gasteiger partial charge is 0.455 e. The maximum Gasteiger partial charge on any atom is 0.145 e. The normalized spacial score (nSPS) is 11.5. The number of aryl methyl sites for hydroxylation is 1. The maximum atomic E-state index is 6.92. The van der Waals surface area contributed by atoms with Crippen molar-refractivity contribution in [3.8, 4) is 39.1 Å². The topological polar surface area (TPSA) is 21.3 Å². The van der Waals surface area contributed by atoms with Gasteiger partial charge in [0.15, 0.2) is 0 Å². The summed E-state index contributed by atoms with van der Waals surface area (Å²) < 4.78 is 9.29. The molecule has 0 saturated heterocycles. The number of aromatic nitrogens is 1. The van der Waals surface area contributed by atoms with Crippen LogP contribution in [0, 0.1) is 6.92 Å². The van der Waals surface area contributed by atoms with Crippen molar-refractivity contribution in [1.29, 1.82) is 0 Å². The van der Waals surface area contributed by atoms with Gasteiger partial charge in [-0.05, 0) is 107 Å². The number of hydrogen-bond donors (Lipinski definition) is 0. The summed E-state index contributed by atoms with van der Waals surface area (Å²) in [5.41, 5.74) is 16.6. The molecule has 0 N–H and O–H groups in total. The zero-order valence-electron chi connectivity index (χ0n) is 32.0. The van der Waals surface area contributed by atoms with Crippen molar-refractivity contribution in [2.24, 2.45) is 0 Å². The molecule has 0 aliphatic heterocycles. The third-order valence-corrected chi connectivity index (χ3v) is 11.5. The van der Waals surface area contributed by atoms with E-state index in [9.17, 15) is 0 Å². The molecule has 9 aromatic carbocycles. The van der Waals surface area contributed by atoms with E-state index >= 15 is 0 Å². The summed E-state index contributed by atoms with van der Waals surface area (Å²) in [6.07, 6.45) is 0. The molecule has 11 aromatic rings. The van der Waals surface area contributed by atoms with Crippen LogP contribution in [-0.4, -0.2) is 4.57 Å². The molecule has 0 amide bonds. The first kappa shape index (κ1) is 33.7. The molecule has 0 spiro atoms. The van der Waals surface area contributed by atoms with E-state index in [0.29, 0.717) is 0 Å². The Balaban J connectivity index is 1.12. The predicted octanol–water partition coefficient (Wildman–Crippen LogP) is 15.5. The van der Waals surface area contributed by atoms with Crippen LogP contribution < -0.4 is 4.90 Å². The van der Waals surface area contributed by atoms with Gasteiger partial charge in [-0.3, -0.25) is 0 Å². The molecule has 2 heterocycles. The van der Waals surface area contributed by atoms with Gasteiger partial charge in [0.2, 0.25) is 0 Å². The quantitative estimate of drug-likeness (QED) is 0.162. The van der Waals surface area contributed by atoms with Gasteiger partial charge < -0.3 is 13.9 Å². The van der Waals surface area contributed by atoms with Gasteiger partial charge in [-0.15, -0.1) is 0 Å². The van der Waals surface area contributed by atoms with Crippen LogP contribution in [0.3, 0.4) is 0 Å². The molecule has 0 atom stereocenters. The molecule has 2 aromatic heterocycles. The molecule has 3 heteroatoms. The van der Waals surface area contributed by atoms with Gasteiger partial charge in [-0.25, -0.2) is 0 Å². The molecule has 274 valence electrons. The van der Waals surface area contributed by atoms with E-state index in [2.05, 4.69) is 229 Å². The second-order valence-corrected chi connectivity index (χ2v) is 15.0. The molecule has 3 nitrogen and oxygen atoms in total. The minimum absolute atomic E-state index is 0.861. The summed E-state index contributed by atoms with van der Waals surface area (Å²) in [5, 5.41) is 4.65. The van der Waals surface area contributed by atoms with Crippen molar-refractivity contribution in [2.75, 3.05) is 4.90 Å². The van der Waals surface area contributed by atoms with Crippen LogP contribution >= 0.6 is 0 Å². The van der Waals surface area contributed by atoms with E-state index in [-0.39, 0.29) is 0 Å². The number of para-hydroxylation sites is 3. The number of fused-ring (bicyclic) bond motifs is 6. The number of benzene rings is 9. The zero-order valence-corrected chi connectivity index (χ0v) is 32.0. The summed E-state index contributed by atoms with van der Waals surface area (Å²) >= 11 is 0. The van der Waals surface area contributed by atoms with E-state index in [4.69, 9.17) is 4.42 Å². The molecule has 0 bridgehead atoms. The second-order valence-electron chi connectivity index (χ2n) is 15.0. The summed E-state index contributed by atoms with van der Waals surface area (Å²) in [6.45, 7) is 2.21. The average Bonchev–Trinajstić information content (AvgIpc) is 3.84. The SMILES string of the molecule is Cc1cc(N(c2ccc(-c3ccccc3)cc2)c2ccc(-c3cccc(-n4c5ccccc5c5ccccc54)c3)c3oc4ccccc4c23)ccc1-c1ccccc1. The Morgan fingerprint density at radius 2 is 0.983 bits per heavy atom. The summed E-state index contributed by atoms with van der Waals surface area (Å²) in [4.78, 5) is 2.39. The van der Waals surface area contributed by atoms with Crippen LogP contribution in [0.1, 0.15) is 5.56 Å². The van der Waals surface area contributed by atoms with Crippen LogP contribution in [0.15, 0.2) is 217 Å². The Morgan fingerprint density at radius 3 is 1.69 bits per heavy atom. The highest BCUT2D eigenvalue weighted by Gasteiger charge is 2.23. The fourth-order valence-corrected chi connectivity index (χ4v) is 8.83. The first-order valence-corrected chi connectivity index (χ1v) is 19.8. The Morgan fingerprint density at radius 1 is 0.414 bits per heavy atom. The van der Waals surface area contributed by atoms with Crippen LogP contribution in [-0.2, 0) is 0 Å². The molecule has 0 unspecified atom stereocenters. The average molecular weight is 743 g/mol. The highest BCUT2D eigenvalue weighted by molar-refractivity contribution is 6.17. The third kappa shape index (κ3) is 5.59. The third-order valence-electron chi connectivity index (χ3n) is 11.5. The molecule has 0 saturated carbocycles. The number of furan rings is 1. The molecule has 0 fully saturated rings. The lowest BCUT2D eigenvalue weighted by Gasteiger charge is -2.27.